The summed E-state index contributed by atoms with van der Waals surface area (Å²) in [5, 5.41) is 12.8. The van der Waals surface area contributed by atoms with Crippen LogP contribution in [0.15, 0.2) is 52.1 Å². The highest BCUT2D eigenvalue weighted by molar-refractivity contribution is 9.10. The number of anilines is 1. The van der Waals surface area contributed by atoms with Crippen molar-refractivity contribution in [3.8, 4) is 22.9 Å². The summed E-state index contributed by atoms with van der Waals surface area (Å²) in [5.41, 5.74) is 3.30. The molecule has 1 aliphatic heterocycles. The Kier molecular flexibility index (Phi) is 6.20. The summed E-state index contributed by atoms with van der Waals surface area (Å²) in [6, 6.07) is 13.8. The average molecular weight is 473 g/mol. The molecule has 0 saturated heterocycles. The van der Waals surface area contributed by atoms with E-state index < -0.39 is 6.23 Å². The van der Waals surface area contributed by atoms with E-state index >= 15 is 0 Å². The van der Waals surface area contributed by atoms with Crippen LogP contribution in [-0.4, -0.2) is 28.0 Å². The SMILES string of the molecule is CCCCSc1nnc2c(n1)O[C@H](c1cc(Br)ccc1OC)Nc1ccccc1-2. The highest BCUT2D eigenvalue weighted by Gasteiger charge is 2.28. The lowest BCUT2D eigenvalue weighted by atomic mass is 10.1. The molecular formula is C21H21BrN4O2S. The van der Waals surface area contributed by atoms with Gasteiger partial charge in [-0.05, 0) is 30.7 Å². The first-order chi connectivity index (χ1) is 14.2. The Balaban J connectivity index is 1.78. The van der Waals surface area contributed by atoms with E-state index in [1.54, 1.807) is 18.9 Å². The van der Waals surface area contributed by atoms with Crippen LogP contribution in [0.5, 0.6) is 11.6 Å². The molecule has 0 saturated carbocycles. The van der Waals surface area contributed by atoms with E-state index in [0.717, 1.165) is 45.6 Å². The number of methoxy groups -OCH3 is 1. The van der Waals surface area contributed by atoms with Gasteiger partial charge in [0.15, 0.2) is 5.69 Å². The van der Waals surface area contributed by atoms with E-state index in [1.165, 1.54) is 0 Å². The van der Waals surface area contributed by atoms with Crippen molar-refractivity contribution in [1.82, 2.24) is 15.2 Å². The Hall–Kier alpha value is -2.32. The van der Waals surface area contributed by atoms with Gasteiger partial charge in [0.05, 0.1) is 12.7 Å². The maximum Gasteiger partial charge on any atom is 0.247 e. The molecule has 0 amide bonds. The molecule has 1 aromatic heterocycles. The van der Waals surface area contributed by atoms with E-state index in [0.29, 0.717) is 16.7 Å². The second-order valence-electron chi connectivity index (χ2n) is 6.52. The number of unbranched alkanes of at least 4 members (excludes halogenated alkanes) is 1. The molecule has 1 aliphatic rings. The number of nitrogens with zero attached hydrogens (tertiary/aromatic N) is 3. The number of rotatable bonds is 6. The fraction of sp³-hybridized carbons (Fsp3) is 0.286. The molecule has 29 heavy (non-hydrogen) atoms. The van der Waals surface area contributed by atoms with Gasteiger partial charge < -0.3 is 14.8 Å². The van der Waals surface area contributed by atoms with E-state index in [2.05, 4.69) is 43.4 Å². The number of nitrogens with one attached hydrogen (secondary N) is 1. The van der Waals surface area contributed by atoms with Crippen LogP contribution in [-0.2, 0) is 0 Å². The molecule has 8 heteroatoms. The number of para-hydroxylation sites is 1. The minimum atomic E-state index is -0.491. The van der Waals surface area contributed by atoms with Crippen molar-refractivity contribution < 1.29 is 9.47 Å². The summed E-state index contributed by atoms with van der Waals surface area (Å²) in [7, 11) is 1.65. The molecule has 1 atom stereocenters. The molecule has 0 spiro atoms. The second-order valence-corrected chi connectivity index (χ2v) is 8.50. The number of fused-ring (bicyclic) bond motifs is 3. The van der Waals surface area contributed by atoms with Crippen LogP contribution in [0, 0.1) is 0 Å². The Morgan fingerprint density at radius 2 is 2.07 bits per heavy atom. The number of hydrogen-bond acceptors (Lipinski definition) is 7. The van der Waals surface area contributed by atoms with Gasteiger partial charge in [-0.25, -0.2) is 0 Å². The van der Waals surface area contributed by atoms with Crippen molar-refractivity contribution in [2.75, 3.05) is 18.2 Å². The van der Waals surface area contributed by atoms with Crippen molar-refractivity contribution in [1.29, 1.82) is 0 Å². The van der Waals surface area contributed by atoms with E-state index in [1.807, 2.05) is 42.5 Å². The van der Waals surface area contributed by atoms with Crippen molar-refractivity contribution >= 4 is 33.4 Å². The predicted molar refractivity (Wildman–Crippen MR) is 119 cm³/mol. The van der Waals surface area contributed by atoms with Gasteiger partial charge in [-0.15, -0.1) is 10.2 Å². The third kappa shape index (κ3) is 4.33. The monoisotopic (exact) mass is 472 g/mol. The van der Waals surface area contributed by atoms with E-state index in [4.69, 9.17) is 9.47 Å². The van der Waals surface area contributed by atoms with Gasteiger partial charge in [0.25, 0.3) is 0 Å². The first-order valence-corrected chi connectivity index (χ1v) is 11.2. The lowest BCUT2D eigenvalue weighted by Gasteiger charge is -2.21. The van der Waals surface area contributed by atoms with Gasteiger partial charge in [0.1, 0.15) is 5.75 Å². The van der Waals surface area contributed by atoms with E-state index in [9.17, 15) is 0 Å². The Bertz CT molecular complexity index is 1020. The van der Waals surface area contributed by atoms with Crippen LogP contribution in [0.4, 0.5) is 5.69 Å². The molecule has 2 aromatic carbocycles. The molecule has 0 radical (unpaired) electrons. The van der Waals surface area contributed by atoms with Gasteiger partial charge in [0, 0.05) is 21.5 Å². The zero-order valence-corrected chi connectivity index (χ0v) is 18.6. The van der Waals surface area contributed by atoms with Crippen LogP contribution >= 0.6 is 27.7 Å². The van der Waals surface area contributed by atoms with Crippen molar-refractivity contribution in [3.63, 3.8) is 0 Å². The summed E-state index contributed by atoms with van der Waals surface area (Å²) in [4.78, 5) is 4.67. The summed E-state index contributed by atoms with van der Waals surface area (Å²) < 4.78 is 12.8. The van der Waals surface area contributed by atoms with E-state index in [-0.39, 0.29) is 0 Å². The van der Waals surface area contributed by atoms with Gasteiger partial charge in [0.2, 0.25) is 17.3 Å². The smallest absolute Gasteiger partial charge is 0.247 e. The third-order valence-corrected chi connectivity index (χ3v) is 5.95. The minimum Gasteiger partial charge on any atom is -0.496 e. The van der Waals surface area contributed by atoms with Crippen LogP contribution in [0.25, 0.3) is 11.3 Å². The highest BCUT2D eigenvalue weighted by atomic mass is 79.9. The lowest BCUT2D eigenvalue weighted by molar-refractivity contribution is 0.219. The zero-order chi connectivity index (χ0) is 20.2. The quantitative estimate of drug-likeness (QED) is 0.364. The molecule has 1 N–H and O–H groups in total. The number of benzene rings is 2. The Morgan fingerprint density at radius 3 is 2.90 bits per heavy atom. The van der Waals surface area contributed by atoms with Crippen LogP contribution in [0.2, 0.25) is 0 Å². The topological polar surface area (TPSA) is 69.2 Å². The van der Waals surface area contributed by atoms with Gasteiger partial charge in [-0.1, -0.05) is 59.2 Å². The number of thioether (sulfide) groups is 1. The summed E-state index contributed by atoms with van der Waals surface area (Å²) in [5.74, 6) is 2.14. The molecule has 0 bridgehead atoms. The van der Waals surface area contributed by atoms with Gasteiger partial charge in [-0.2, -0.15) is 4.98 Å². The fourth-order valence-corrected chi connectivity index (χ4v) is 4.31. The molecule has 0 unspecified atom stereocenters. The number of aromatic nitrogens is 3. The first kappa shape index (κ1) is 20.0. The van der Waals surface area contributed by atoms with Crippen LogP contribution in [0.1, 0.15) is 31.6 Å². The number of hydrogen-bond donors (Lipinski definition) is 1. The fourth-order valence-electron chi connectivity index (χ4n) is 3.07. The summed E-state index contributed by atoms with van der Waals surface area (Å²) in [6.07, 6.45) is 1.74. The van der Waals surface area contributed by atoms with Gasteiger partial charge >= 0.3 is 0 Å². The first-order valence-electron chi connectivity index (χ1n) is 9.43. The Labute approximate surface area is 182 Å². The maximum absolute atomic E-state index is 6.33. The van der Waals surface area contributed by atoms with Crippen LogP contribution in [0.3, 0.4) is 0 Å². The van der Waals surface area contributed by atoms with Crippen molar-refractivity contribution in [3.05, 3.63) is 52.5 Å². The molecule has 150 valence electrons. The van der Waals surface area contributed by atoms with Crippen LogP contribution < -0.4 is 14.8 Å². The molecule has 4 rings (SSSR count). The molecule has 6 nitrogen and oxygen atoms in total. The number of ether oxygens (including phenoxy) is 2. The molecule has 0 aliphatic carbocycles. The lowest BCUT2D eigenvalue weighted by Crippen LogP contribution is -2.18. The predicted octanol–water partition coefficient (Wildman–Crippen LogP) is 5.71. The minimum absolute atomic E-state index is 0.462. The average Bonchev–Trinajstić information content (AvgIpc) is 2.90. The third-order valence-electron chi connectivity index (χ3n) is 4.54. The van der Waals surface area contributed by atoms with Gasteiger partial charge in [-0.3, -0.25) is 0 Å². The number of halogens is 1. The Morgan fingerprint density at radius 1 is 1.21 bits per heavy atom. The van der Waals surface area contributed by atoms with Crippen molar-refractivity contribution in [2.45, 2.75) is 31.1 Å². The maximum atomic E-state index is 6.33. The zero-order valence-electron chi connectivity index (χ0n) is 16.2. The van der Waals surface area contributed by atoms with Crippen molar-refractivity contribution in [2.24, 2.45) is 0 Å². The largest absolute Gasteiger partial charge is 0.496 e. The molecule has 2 heterocycles. The highest BCUT2D eigenvalue weighted by Crippen LogP contribution is 2.41. The normalized spacial score (nSPS) is 14.8. The molecule has 0 fully saturated rings. The molecule has 3 aromatic rings. The summed E-state index contributed by atoms with van der Waals surface area (Å²) >= 11 is 5.14. The molecular weight excluding hydrogens is 452 g/mol. The second kappa shape index (κ2) is 9.00. The standard InChI is InChI=1S/C21H21BrN4O2S/c1-3-4-11-29-21-24-20-18(25-26-21)14-7-5-6-8-16(14)23-19(28-20)15-12-13(22)9-10-17(15)27-2/h5-10,12,19,23H,3-4,11H2,1-2H3/t19-/m1/s1. The summed E-state index contributed by atoms with van der Waals surface area (Å²) in [6.45, 7) is 2.17.